The Balaban J connectivity index is 0.000000547. The number of hydrogen-bond donors (Lipinski definition) is 5. The highest BCUT2D eigenvalue weighted by molar-refractivity contribution is 8.00. The van der Waals surface area contributed by atoms with Crippen LogP contribution in [0.25, 0.3) is 5.70 Å². The van der Waals surface area contributed by atoms with Crippen molar-refractivity contribution in [1.82, 2.24) is 10.6 Å². The van der Waals surface area contributed by atoms with Crippen molar-refractivity contribution in [2.24, 2.45) is 11.5 Å². The van der Waals surface area contributed by atoms with E-state index in [1.54, 1.807) is 18.8 Å². The van der Waals surface area contributed by atoms with Gasteiger partial charge in [0.25, 0.3) is 0 Å². The first-order valence-electron chi connectivity index (χ1n) is 13.3. The molecule has 0 saturated carbocycles. The van der Waals surface area contributed by atoms with Gasteiger partial charge >= 0.3 is 6.03 Å². The molecule has 214 valence electrons. The molecule has 3 aromatic rings. The third kappa shape index (κ3) is 9.15. The summed E-state index contributed by atoms with van der Waals surface area (Å²) < 4.78 is 5.88. The second-order valence-corrected chi connectivity index (χ2v) is 11.4. The maximum atomic E-state index is 11.2. The number of carbonyl (C=O) groups is 1. The number of hydrogen-bond acceptors (Lipinski definition) is 7. The van der Waals surface area contributed by atoms with E-state index >= 15 is 0 Å². The van der Waals surface area contributed by atoms with Gasteiger partial charge in [-0.1, -0.05) is 53.7 Å². The van der Waals surface area contributed by atoms with E-state index in [1.165, 1.54) is 10.5 Å². The van der Waals surface area contributed by atoms with E-state index in [0.717, 1.165) is 46.0 Å². The van der Waals surface area contributed by atoms with Gasteiger partial charge in [-0.2, -0.15) is 0 Å². The number of likely N-dealkylation sites (N-methyl/N-ethyl adjacent to an activating group) is 1. The smallest absolute Gasteiger partial charge is 0.314 e. The van der Waals surface area contributed by atoms with Gasteiger partial charge in [0.05, 0.1) is 17.7 Å². The summed E-state index contributed by atoms with van der Waals surface area (Å²) >= 11 is 5.86. The van der Waals surface area contributed by atoms with Crippen LogP contribution in [0.4, 0.5) is 10.5 Å². The molecule has 1 aliphatic rings. The molecule has 7 nitrogen and oxygen atoms in total. The van der Waals surface area contributed by atoms with Gasteiger partial charge in [-0.05, 0) is 74.2 Å². The standard InChI is InChI=1S/C25H35N5O2S.C6H6S/c1-16(2)23(27)18-8-5-7-17(13-18)14-20(26)24-30(4)21-10-9-19(15-22(21)33-24)32-12-6-11-29-25(31)28-3;7-6-4-2-1-3-5-6/h5,7-10,13,15,20,24H,6,11-12,14,26-27H2,1-4H3,(H2,28,29,31);1-5,7H. The van der Waals surface area contributed by atoms with E-state index in [-0.39, 0.29) is 17.4 Å². The van der Waals surface area contributed by atoms with Crippen molar-refractivity contribution >= 4 is 41.8 Å². The van der Waals surface area contributed by atoms with Gasteiger partial charge in [0.2, 0.25) is 0 Å². The van der Waals surface area contributed by atoms with Gasteiger partial charge in [-0.15, -0.1) is 12.6 Å². The number of anilines is 1. The SMILES string of the molecule is CNC(=O)NCCCOc1ccc2c(c1)SC(C(N)Cc1cccc(C(N)=C(C)C)c1)N2C.Sc1ccccc1. The lowest BCUT2D eigenvalue weighted by molar-refractivity contribution is 0.241. The fraction of sp³-hybridized carbons (Fsp3) is 0.323. The zero-order valence-corrected chi connectivity index (χ0v) is 25.4. The number of carbonyl (C=O) groups excluding carboxylic acids is 1. The molecule has 0 aromatic heterocycles. The number of benzene rings is 3. The molecular weight excluding hydrogens is 539 g/mol. The molecule has 6 N–H and O–H groups in total. The average Bonchev–Trinajstić information content (AvgIpc) is 3.28. The lowest BCUT2D eigenvalue weighted by atomic mass is 10.0. The minimum Gasteiger partial charge on any atom is -0.493 e. The van der Waals surface area contributed by atoms with Crippen LogP contribution < -0.4 is 31.7 Å². The zero-order valence-electron chi connectivity index (χ0n) is 23.7. The third-order valence-corrected chi connectivity index (χ3v) is 8.20. The number of allylic oxidation sites excluding steroid dienone is 1. The number of nitrogens with zero attached hydrogens (tertiary/aromatic N) is 1. The lowest BCUT2D eigenvalue weighted by Gasteiger charge is -2.27. The van der Waals surface area contributed by atoms with Crippen molar-refractivity contribution in [1.29, 1.82) is 0 Å². The predicted octanol–water partition coefficient (Wildman–Crippen LogP) is 5.51. The van der Waals surface area contributed by atoms with Gasteiger partial charge < -0.3 is 31.7 Å². The predicted molar refractivity (Wildman–Crippen MR) is 171 cm³/mol. The maximum Gasteiger partial charge on any atom is 0.314 e. The van der Waals surface area contributed by atoms with Crippen LogP contribution in [-0.2, 0) is 6.42 Å². The summed E-state index contributed by atoms with van der Waals surface area (Å²) in [6, 6.07) is 24.0. The van der Waals surface area contributed by atoms with Crippen LogP contribution in [0, 0.1) is 0 Å². The normalized spacial score (nSPS) is 14.3. The van der Waals surface area contributed by atoms with E-state index in [1.807, 2.05) is 62.4 Å². The number of nitrogens with two attached hydrogens (primary N) is 2. The number of fused-ring (bicyclic) bond motifs is 1. The minimum absolute atomic E-state index is 0.0456. The number of thiol groups is 1. The van der Waals surface area contributed by atoms with Crippen molar-refractivity contribution < 1.29 is 9.53 Å². The Morgan fingerprint density at radius 2 is 1.85 bits per heavy atom. The van der Waals surface area contributed by atoms with Gasteiger partial charge in [0.15, 0.2) is 0 Å². The molecule has 9 heteroatoms. The number of ether oxygens (including phenoxy) is 1. The Bertz CT molecular complexity index is 1280. The number of nitrogens with one attached hydrogen (secondary N) is 2. The van der Waals surface area contributed by atoms with Crippen LogP contribution in [0.2, 0.25) is 0 Å². The largest absolute Gasteiger partial charge is 0.493 e. The molecule has 0 radical (unpaired) electrons. The monoisotopic (exact) mass is 579 g/mol. The Hall–Kier alpha value is -3.27. The van der Waals surface area contributed by atoms with Crippen molar-refractivity contribution in [2.75, 3.05) is 32.1 Å². The Kier molecular flexibility index (Phi) is 12.1. The van der Waals surface area contributed by atoms with E-state index < -0.39 is 0 Å². The summed E-state index contributed by atoms with van der Waals surface area (Å²) in [5, 5.41) is 5.42. The molecule has 40 heavy (non-hydrogen) atoms. The second-order valence-electron chi connectivity index (χ2n) is 9.77. The van der Waals surface area contributed by atoms with Crippen molar-refractivity contribution in [3.8, 4) is 5.75 Å². The van der Waals surface area contributed by atoms with Crippen LogP contribution >= 0.6 is 24.4 Å². The van der Waals surface area contributed by atoms with E-state index in [4.69, 9.17) is 16.2 Å². The maximum absolute atomic E-state index is 11.2. The Morgan fingerprint density at radius 1 is 1.10 bits per heavy atom. The first-order chi connectivity index (χ1) is 19.2. The molecule has 0 saturated heterocycles. The highest BCUT2D eigenvalue weighted by Gasteiger charge is 2.32. The molecule has 0 fully saturated rings. The molecule has 2 amide bonds. The average molecular weight is 580 g/mol. The molecule has 4 rings (SSSR count). The van der Waals surface area contributed by atoms with E-state index in [2.05, 4.69) is 59.5 Å². The molecule has 0 bridgehead atoms. The van der Waals surface area contributed by atoms with E-state index in [0.29, 0.717) is 13.2 Å². The summed E-state index contributed by atoms with van der Waals surface area (Å²) in [6.45, 7) is 5.15. The van der Waals surface area contributed by atoms with Crippen LogP contribution in [0.5, 0.6) is 5.75 Å². The number of urea groups is 1. The van der Waals surface area contributed by atoms with E-state index in [9.17, 15) is 4.79 Å². The molecule has 1 heterocycles. The minimum atomic E-state index is -0.179. The van der Waals surface area contributed by atoms with Crippen LogP contribution in [0.15, 0.2) is 88.2 Å². The highest BCUT2D eigenvalue weighted by atomic mass is 32.2. The molecule has 0 aliphatic carbocycles. The van der Waals surface area contributed by atoms with Crippen LogP contribution in [0.1, 0.15) is 31.4 Å². The third-order valence-electron chi connectivity index (χ3n) is 6.41. The number of thioether (sulfide) groups is 1. The second kappa shape index (κ2) is 15.5. The molecule has 3 aromatic carbocycles. The van der Waals surface area contributed by atoms with Gasteiger partial charge in [-0.25, -0.2) is 4.79 Å². The Morgan fingerprint density at radius 3 is 2.50 bits per heavy atom. The van der Waals surface area contributed by atoms with Crippen LogP contribution in [-0.4, -0.2) is 44.7 Å². The quantitative estimate of drug-likeness (QED) is 0.169. The summed E-state index contributed by atoms with van der Waals surface area (Å²) in [5.41, 5.74) is 18.2. The molecule has 0 spiro atoms. The molecule has 1 aliphatic heterocycles. The van der Waals surface area contributed by atoms with Gasteiger partial charge in [0.1, 0.15) is 5.75 Å². The fourth-order valence-electron chi connectivity index (χ4n) is 4.20. The van der Waals surface area contributed by atoms with Crippen molar-refractivity contribution in [2.45, 2.75) is 47.9 Å². The molecule has 2 atom stereocenters. The molecular formula is C31H41N5O2S2. The highest BCUT2D eigenvalue weighted by Crippen LogP contribution is 2.45. The summed E-state index contributed by atoms with van der Waals surface area (Å²) in [7, 11) is 3.69. The number of amides is 2. The van der Waals surface area contributed by atoms with Crippen molar-refractivity contribution in [3.05, 3.63) is 89.5 Å². The summed E-state index contributed by atoms with van der Waals surface area (Å²) in [5.74, 6) is 0.828. The van der Waals surface area contributed by atoms with Crippen molar-refractivity contribution in [3.63, 3.8) is 0 Å². The van der Waals surface area contributed by atoms with Gasteiger partial charge in [-0.3, -0.25) is 0 Å². The topological polar surface area (TPSA) is 106 Å². The lowest BCUT2D eigenvalue weighted by Crippen LogP contribution is -2.43. The Labute approximate surface area is 248 Å². The van der Waals surface area contributed by atoms with Crippen LogP contribution in [0.3, 0.4) is 0 Å². The first kappa shape index (κ1) is 31.3. The first-order valence-corrected chi connectivity index (χ1v) is 14.7. The summed E-state index contributed by atoms with van der Waals surface area (Å²) in [6.07, 6.45) is 1.50. The number of rotatable bonds is 9. The molecule has 2 unspecified atom stereocenters. The van der Waals surface area contributed by atoms with Gasteiger partial charge in [0, 0.05) is 42.2 Å². The fourth-order valence-corrected chi connectivity index (χ4v) is 5.69. The summed E-state index contributed by atoms with van der Waals surface area (Å²) in [4.78, 5) is 15.6. The zero-order chi connectivity index (χ0) is 29.1.